The summed E-state index contributed by atoms with van der Waals surface area (Å²) in [7, 11) is 0. The van der Waals surface area contributed by atoms with E-state index in [1.165, 1.54) is 5.56 Å². The number of amides is 1. The van der Waals surface area contributed by atoms with Crippen LogP contribution in [0, 0.1) is 0 Å². The van der Waals surface area contributed by atoms with E-state index in [-0.39, 0.29) is 30.7 Å². The van der Waals surface area contributed by atoms with Gasteiger partial charge < -0.3 is 10.6 Å². The minimum Gasteiger partial charge on any atom is -0.399 e. The van der Waals surface area contributed by atoms with Crippen LogP contribution in [0.5, 0.6) is 0 Å². The molecule has 1 fully saturated rings. The number of nitrogens with zero attached hydrogens (tertiary/aromatic N) is 2. The van der Waals surface area contributed by atoms with E-state index in [1.807, 2.05) is 29.2 Å². The van der Waals surface area contributed by atoms with Crippen LogP contribution in [0.2, 0.25) is 0 Å². The lowest BCUT2D eigenvalue weighted by molar-refractivity contribution is 0.0761. The lowest BCUT2D eigenvalue weighted by atomic mass is 10.1. The van der Waals surface area contributed by atoms with Gasteiger partial charge in [0.1, 0.15) is 0 Å². The summed E-state index contributed by atoms with van der Waals surface area (Å²) in [4.78, 5) is 17.1. The molecule has 6 heteroatoms. The van der Waals surface area contributed by atoms with Crippen molar-refractivity contribution in [2.75, 3.05) is 25.4 Å². The molecule has 0 spiro atoms. The predicted octanol–water partition coefficient (Wildman–Crippen LogP) is 3.85. The second-order valence-electron chi connectivity index (χ2n) is 6.51. The molecule has 1 heterocycles. The summed E-state index contributed by atoms with van der Waals surface area (Å²) in [6.07, 6.45) is 0.987. The van der Waals surface area contributed by atoms with E-state index >= 15 is 0 Å². The molecule has 1 unspecified atom stereocenters. The summed E-state index contributed by atoms with van der Waals surface area (Å²) in [6, 6.07) is 18.2. The van der Waals surface area contributed by atoms with E-state index in [0.717, 1.165) is 32.6 Å². The van der Waals surface area contributed by atoms with Gasteiger partial charge in [-0.3, -0.25) is 9.69 Å². The van der Waals surface area contributed by atoms with Gasteiger partial charge in [-0.15, -0.1) is 24.8 Å². The number of nitrogen functional groups attached to an aromatic ring is 1. The highest BCUT2D eigenvalue weighted by Gasteiger charge is 2.24. The van der Waals surface area contributed by atoms with Crippen LogP contribution < -0.4 is 5.73 Å². The van der Waals surface area contributed by atoms with Gasteiger partial charge >= 0.3 is 0 Å². The average Bonchev–Trinajstić information content (AvgIpc) is 2.78. The van der Waals surface area contributed by atoms with Crippen LogP contribution >= 0.6 is 24.8 Å². The third kappa shape index (κ3) is 5.63. The minimum atomic E-state index is 0. The van der Waals surface area contributed by atoms with Crippen LogP contribution in [0.4, 0.5) is 5.69 Å². The van der Waals surface area contributed by atoms with Gasteiger partial charge in [0.2, 0.25) is 0 Å². The Hall–Kier alpha value is -1.75. The summed E-state index contributed by atoms with van der Waals surface area (Å²) in [5.74, 6) is 0.0797. The highest BCUT2D eigenvalue weighted by atomic mass is 35.5. The molecule has 0 radical (unpaired) electrons. The van der Waals surface area contributed by atoms with Crippen molar-refractivity contribution in [3.8, 4) is 0 Å². The van der Waals surface area contributed by atoms with Gasteiger partial charge in [0, 0.05) is 43.5 Å². The first-order chi connectivity index (χ1) is 11.6. The standard InChI is InChI=1S/C20H25N3O.2ClH/c1-16-10-11-22(20(24)18-8-5-9-19(21)14-18)12-13-23(16)15-17-6-3-2-4-7-17;;/h2-9,14,16H,10-13,15,21H2,1H3;2*1H. The molecule has 3 rings (SSSR count). The number of hydrogen-bond donors (Lipinski definition) is 1. The van der Waals surface area contributed by atoms with E-state index in [4.69, 9.17) is 5.73 Å². The highest BCUT2D eigenvalue weighted by Crippen LogP contribution is 2.17. The zero-order valence-corrected chi connectivity index (χ0v) is 16.6. The van der Waals surface area contributed by atoms with Gasteiger partial charge in [-0.25, -0.2) is 0 Å². The SMILES string of the molecule is CC1CCN(C(=O)c2cccc(N)c2)CCN1Cc1ccccc1.Cl.Cl. The molecule has 2 aromatic rings. The Morgan fingerprint density at radius 2 is 1.77 bits per heavy atom. The number of carbonyl (C=O) groups excluding carboxylic acids is 1. The molecule has 0 saturated carbocycles. The minimum absolute atomic E-state index is 0. The molecular weight excluding hydrogens is 369 g/mol. The van der Waals surface area contributed by atoms with Gasteiger partial charge in [0.15, 0.2) is 0 Å². The Balaban J connectivity index is 0.00000169. The summed E-state index contributed by atoms with van der Waals surface area (Å²) < 4.78 is 0. The van der Waals surface area contributed by atoms with Gasteiger partial charge in [-0.1, -0.05) is 36.4 Å². The zero-order valence-electron chi connectivity index (χ0n) is 15.0. The molecule has 1 amide bonds. The van der Waals surface area contributed by atoms with Crippen LogP contribution in [0.15, 0.2) is 54.6 Å². The van der Waals surface area contributed by atoms with Crippen LogP contribution in [-0.2, 0) is 6.54 Å². The molecule has 1 aliphatic heterocycles. The van der Waals surface area contributed by atoms with Gasteiger partial charge in [0.25, 0.3) is 5.91 Å². The molecular formula is C20H27Cl2N3O. The molecule has 2 aromatic carbocycles. The molecule has 0 aromatic heterocycles. The van der Waals surface area contributed by atoms with Gasteiger partial charge in [-0.05, 0) is 37.1 Å². The zero-order chi connectivity index (χ0) is 16.9. The Kier molecular flexibility index (Phi) is 8.93. The third-order valence-electron chi connectivity index (χ3n) is 4.75. The van der Waals surface area contributed by atoms with E-state index in [1.54, 1.807) is 6.07 Å². The molecule has 0 bridgehead atoms. The van der Waals surface area contributed by atoms with Crippen molar-refractivity contribution in [1.29, 1.82) is 0 Å². The Labute approximate surface area is 168 Å². The molecule has 26 heavy (non-hydrogen) atoms. The normalized spacial score (nSPS) is 17.6. The molecule has 0 aliphatic carbocycles. The van der Waals surface area contributed by atoms with Crippen molar-refractivity contribution >= 4 is 36.4 Å². The summed E-state index contributed by atoms with van der Waals surface area (Å²) in [6.45, 7) is 5.62. The Morgan fingerprint density at radius 1 is 1.04 bits per heavy atom. The van der Waals surface area contributed by atoms with Crippen LogP contribution in [-0.4, -0.2) is 41.4 Å². The summed E-state index contributed by atoms with van der Waals surface area (Å²) >= 11 is 0. The van der Waals surface area contributed by atoms with E-state index in [9.17, 15) is 4.79 Å². The van der Waals surface area contributed by atoms with E-state index < -0.39 is 0 Å². The number of rotatable bonds is 3. The Bertz CT molecular complexity index is 696. The predicted molar refractivity (Wildman–Crippen MR) is 112 cm³/mol. The van der Waals surface area contributed by atoms with Gasteiger partial charge in [0.05, 0.1) is 0 Å². The van der Waals surface area contributed by atoms with Crippen molar-refractivity contribution < 1.29 is 4.79 Å². The third-order valence-corrected chi connectivity index (χ3v) is 4.75. The number of halogens is 2. The van der Waals surface area contributed by atoms with Crippen molar-refractivity contribution in [1.82, 2.24) is 9.80 Å². The van der Waals surface area contributed by atoms with Crippen molar-refractivity contribution in [2.24, 2.45) is 0 Å². The fourth-order valence-corrected chi connectivity index (χ4v) is 3.22. The second kappa shape index (κ2) is 10.4. The Morgan fingerprint density at radius 3 is 2.46 bits per heavy atom. The molecule has 1 saturated heterocycles. The quantitative estimate of drug-likeness (QED) is 0.802. The molecule has 4 nitrogen and oxygen atoms in total. The maximum absolute atomic E-state index is 12.7. The first-order valence-corrected chi connectivity index (χ1v) is 8.56. The molecule has 1 aliphatic rings. The monoisotopic (exact) mass is 395 g/mol. The van der Waals surface area contributed by atoms with Gasteiger partial charge in [-0.2, -0.15) is 0 Å². The summed E-state index contributed by atoms with van der Waals surface area (Å²) in [5.41, 5.74) is 8.44. The number of anilines is 1. The van der Waals surface area contributed by atoms with Crippen molar-refractivity contribution in [3.05, 3.63) is 65.7 Å². The van der Waals surface area contributed by atoms with Crippen LogP contribution in [0.3, 0.4) is 0 Å². The van der Waals surface area contributed by atoms with Crippen molar-refractivity contribution in [3.63, 3.8) is 0 Å². The fraction of sp³-hybridized carbons (Fsp3) is 0.350. The highest BCUT2D eigenvalue weighted by molar-refractivity contribution is 5.95. The average molecular weight is 396 g/mol. The number of benzene rings is 2. The molecule has 1 atom stereocenters. The smallest absolute Gasteiger partial charge is 0.253 e. The lowest BCUT2D eigenvalue weighted by Gasteiger charge is -2.26. The second-order valence-corrected chi connectivity index (χ2v) is 6.51. The topological polar surface area (TPSA) is 49.6 Å². The van der Waals surface area contributed by atoms with E-state index in [0.29, 0.717) is 17.3 Å². The first kappa shape index (κ1) is 22.3. The molecule has 2 N–H and O–H groups in total. The van der Waals surface area contributed by atoms with Crippen LogP contribution in [0.1, 0.15) is 29.3 Å². The lowest BCUT2D eigenvalue weighted by Crippen LogP contribution is -2.36. The largest absolute Gasteiger partial charge is 0.399 e. The molecule has 142 valence electrons. The first-order valence-electron chi connectivity index (χ1n) is 8.56. The van der Waals surface area contributed by atoms with Crippen molar-refractivity contribution in [2.45, 2.75) is 25.9 Å². The summed E-state index contributed by atoms with van der Waals surface area (Å²) in [5, 5.41) is 0. The number of nitrogens with two attached hydrogens (primary N) is 1. The van der Waals surface area contributed by atoms with Crippen LogP contribution in [0.25, 0.3) is 0 Å². The number of carbonyl (C=O) groups is 1. The number of hydrogen-bond acceptors (Lipinski definition) is 3. The maximum atomic E-state index is 12.7. The van der Waals surface area contributed by atoms with E-state index in [2.05, 4.69) is 36.1 Å². The fourth-order valence-electron chi connectivity index (χ4n) is 3.22. The maximum Gasteiger partial charge on any atom is 0.253 e.